The van der Waals surface area contributed by atoms with Crippen LogP contribution in [0.5, 0.6) is 0 Å². The summed E-state index contributed by atoms with van der Waals surface area (Å²) in [6.45, 7) is 11.8. The minimum absolute atomic E-state index is 0.0628. The Bertz CT molecular complexity index is 1020. The maximum Gasteiger partial charge on any atom is 0.236 e. The summed E-state index contributed by atoms with van der Waals surface area (Å²) in [6, 6.07) is 11.0. The van der Waals surface area contributed by atoms with E-state index >= 15 is 0 Å². The van der Waals surface area contributed by atoms with Crippen LogP contribution in [0.3, 0.4) is 0 Å². The zero-order valence-electron chi connectivity index (χ0n) is 21.8. The molecule has 2 aliphatic rings. The van der Waals surface area contributed by atoms with Crippen LogP contribution in [0.25, 0.3) is 0 Å². The van der Waals surface area contributed by atoms with Gasteiger partial charge in [0.05, 0.1) is 12.6 Å². The van der Waals surface area contributed by atoms with Crippen LogP contribution < -0.4 is 0 Å². The van der Waals surface area contributed by atoms with Crippen molar-refractivity contribution in [1.29, 1.82) is 0 Å². The van der Waals surface area contributed by atoms with Crippen molar-refractivity contribution in [2.45, 2.75) is 71.9 Å². The monoisotopic (exact) mass is 495 g/mol. The maximum absolute atomic E-state index is 13.5. The first-order valence-electron chi connectivity index (χ1n) is 13.4. The van der Waals surface area contributed by atoms with E-state index in [4.69, 9.17) is 0 Å². The van der Waals surface area contributed by atoms with Gasteiger partial charge >= 0.3 is 0 Å². The number of hydrogen-bond acceptors (Lipinski definition) is 4. The van der Waals surface area contributed by atoms with Crippen LogP contribution in [0.2, 0.25) is 0 Å². The van der Waals surface area contributed by atoms with E-state index in [0.29, 0.717) is 26.2 Å². The molecular formula is C29H41N3O2S. The minimum atomic E-state index is 0.0628. The molecule has 0 N–H and O–H groups in total. The lowest BCUT2D eigenvalue weighted by atomic mass is 9.90. The summed E-state index contributed by atoms with van der Waals surface area (Å²) in [4.78, 5) is 34.5. The van der Waals surface area contributed by atoms with Crippen molar-refractivity contribution in [2.75, 3.05) is 32.7 Å². The van der Waals surface area contributed by atoms with Crippen LogP contribution in [0.15, 0.2) is 35.7 Å². The molecule has 4 rings (SSSR count). The number of piperazine rings is 1. The Morgan fingerprint density at radius 2 is 1.89 bits per heavy atom. The average Bonchev–Trinajstić information content (AvgIpc) is 3.33. The summed E-state index contributed by atoms with van der Waals surface area (Å²) in [5.74, 6) is 0.572. The van der Waals surface area contributed by atoms with Crippen molar-refractivity contribution < 1.29 is 9.59 Å². The highest BCUT2D eigenvalue weighted by Crippen LogP contribution is 2.38. The van der Waals surface area contributed by atoms with E-state index in [1.165, 1.54) is 21.6 Å². The summed E-state index contributed by atoms with van der Waals surface area (Å²) in [6.07, 6.45) is 5.08. The van der Waals surface area contributed by atoms with E-state index in [0.717, 1.165) is 38.6 Å². The van der Waals surface area contributed by atoms with Crippen molar-refractivity contribution in [3.8, 4) is 0 Å². The fourth-order valence-electron chi connectivity index (χ4n) is 5.77. The van der Waals surface area contributed by atoms with Crippen molar-refractivity contribution in [3.05, 3.63) is 57.3 Å². The van der Waals surface area contributed by atoms with E-state index in [1.807, 2.05) is 21.1 Å². The number of carbonyl (C=O) groups excluding carboxylic acids is 2. The number of thiophene rings is 1. The molecule has 3 heterocycles. The number of aryl methyl sites for hydroxylation is 1. The Balaban J connectivity index is 1.43. The molecule has 1 aromatic carbocycles. The Morgan fingerprint density at radius 3 is 2.60 bits per heavy atom. The molecule has 0 saturated carbocycles. The maximum atomic E-state index is 13.5. The number of benzene rings is 1. The fraction of sp³-hybridized carbons (Fsp3) is 0.586. The summed E-state index contributed by atoms with van der Waals surface area (Å²) >= 11 is 1.83. The predicted molar refractivity (Wildman–Crippen MR) is 144 cm³/mol. The van der Waals surface area contributed by atoms with Gasteiger partial charge in [-0.1, -0.05) is 51.0 Å². The van der Waals surface area contributed by atoms with Crippen molar-refractivity contribution >= 4 is 23.2 Å². The Kier molecular flexibility index (Phi) is 8.66. The molecular weight excluding hydrogens is 454 g/mol. The lowest BCUT2D eigenvalue weighted by molar-refractivity contribution is -0.146. The number of carbonyl (C=O) groups is 2. The van der Waals surface area contributed by atoms with Crippen LogP contribution >= 0.6 is 11.3 Å². The van der Waals surface area contributed by atoms with Gasteiger partial charge in [-0.3, -0.25) is 14.5 Å². The van der Waals surface area contributed by atoms with Gasteiger partial charge in [0.25, 0.3) is 0 Å². The summed E-state index contributed by atoms with van der Waals surface area (Å²) < 4.78 is 0. The molecule has 6 heteroatoms. The average molecular weight is 496 g/mol. The molecule has 1 fully saturated rings. The molecule has 5 nitrogen and oxygen atoms in total. The lowest BCUT2D eigenvalue weighted by Crippen LogP contribution is -2.58. The number of rotatable bonds is 8. The lowest BCUT2D eigenvalue weighted by Gasteiger charge is -2.43. The van der Waals surface area contributed by atoms with Crippen LogP contribution in [0.4, 0.5) is 0 Å². The van der Waals surface area contributed by atoms with E-state index in [2.05, 4.69) is 68.3 Å². The standard InChI is InChI=1S/C29H41N3O2S/c1-5-7-11-23(6-2)29(34)32-17-16-30(19-22(32)4)27(33)20-31-15-13-26-25(14-18-35-26)28(31)24-12-9-8-10-21(24)3/h8-10,12,14,18,22-23,28H,5-7,11,13,15-17,19-20H2,1-4H3/t22-,23-,28+/m0/s1. The highest BCUT2D eigenvalue weighted by molar-refractivity contribution is 7.10. The van der Waals surface area contributed by atoms with Gasteiger partial charge in [-0.05, 0) is 61.2 Å². The van der Waals surface area contributed by atoms with Gasteiger partial charge in [0.1, 0.15) is 0 Å². The van der Waals surface area contributed by atoms with E-state index in [1.54, 1.807) is 0 Å². The SMILES string of the molecule is CCCC[C@H](CC)C(=O)N1CCN(C(=O)CN2CCc3sccc3[C@H]2c2ccccc2C)C[C@@H]1C. The van der Waals surface area contributed by atoms with Crippen LogP contribution in [-0.4, -0.2) is 65.3 Å². The number of amides is 2. The fourth-order valence-corrected chi connectivity index (χ4v) is 6.67. The summed E-state index contributed by atoms with van der Waals surface area (Å²) in [7, 11) is 0. The number of hydrogen-bond donors (Lipinski definition) is 0. The second-order valence-electron chi connectivity index (χ2n) is 10.2. The molecule has 0 aliphatic carbocycles. The molecule has 1 aromatic heterocycles. The molecule has 2 aliphatic heterocycles. The second-order valence-corrected chi connectivity index (χ2v) is 11.2. The first-order chi connectivity index (χ1) is 16.9. The smallest absolute Gasteiger partial charge is 0.236 e. The molecule has 0 unspecified atom stereocenters. The summed E-state index contributed by atoms with van der Waals surface area (Å²) in [5.41, 5.74) is 3.91. The molecule has 0 spiro atoms. The van der Waals surface area contributed by atoms with Gasteiger partial charge in [0, 0.05) is 43.0 Å². The third-order valence-corrected chi connectivity index (χ3v) is 8.90. The molecule has 2 amide bonds. The molecule has 3 atom stereocenters. The molecule has 190 valence electrons. The molecule has 35 heavy (non-hydrogen) atoms. The van der Waals surface area contributed by atoms with Crippen LogP contribution in [0.1, 0.15) is 74.1 Å². The third-order valence-electron chi connectivity index (χ3n) is 7.90. The zero-order valence-corrected chi connectivity index (χ0v) is 22.7. The molecule has 1 saturated heterocycles. The number of fused-ring (bicyclic) bond motifs is 1. The van der Waals surface area contributed by atoms with Gasteiger partial charge in [0.15, 0.2) is 0 Å². The van der Waals surface area contributed by atoms with Crippen molar-refractivity contribution in [3.63, 3.8) is 0 Å². The van der Waals surface area contributed by atoms with Crippen molar-refractivity contribution in [2.24, 2.45) is 5.92 Å². The minimum Gasteiger partial charge on any atom is -0.338 e. The number of unbranched alkanes of at least 4 members (excludes halogenated alkanes) is 1. The van der Waals surface area contributed by atoms with Crippen LogP contribution in [-0.2, 0) is 16.0 Å². The van der Waals surface area contributed by atoms with Gasteiger partial charge in [-0.2, -0.15) is 0 Å². The van der Waals surface area contributed by atoms with Gasteiger partial charge < -0.3 is 9.80 Å². The highest BCUT2D eigenvalue weighted by Gasteiger charge is 2.35. The van der Waals surface area contributed by atoms with E-state index in [-0.39, 0.29) is 29.8 Å². The van der Waals surface area contributed by atoms with Gasteiger partial charge in [-0.15, -0.1) is 11.3 Å². The topological polar surface area (TPSA) is 43.9 Å². The normalized spacial score (nSPS) is 21.6. The van der Waals surface area contributed by atoms with Gasteiger partial charge in [-0.25, -0.2) is 0 Å². The Hall–Kier alpha value is -2.18. The van der Waals surface area contributed by atoms with E-state index in [9.17, 15) is 9.59 Å². The summed E-state index contributed by atoms with van der Waals surface area (Å²) in [5, 5.41) is 2.18. The number of nitrogens with zero attached hydrogens (tertiary/aromatic N) is 3. The molecule has 0 radical (unpaired) electrons. The molecule has 0 bridgehead atoms. The first kappa shape index (κ1) is 25.9. The zero-order chi connectivity index (χ0) is 24.9. The third kappa shape index (κ3) is 5.64. The Morgan fingerprint density at radius 1 is 1.09 bits per heavy atom. The first-order valence-corrected chi connectivity index (χ1v) is 14.3. The molecule has 2 aromatic rings. The predicted octanol–water partition coefficient (Wildman–Crippen LogP) is 5.28. The van der Waals surface area contributed by atoms with E-state index < -0.39 is 0 Å². The highest BCUT2D eigenvalue weighted by atomic mass is 32.1. The van der Waals surface area contributed by atoms with Crippen molar-refractivity contribution in [1.82, 2.24) is 14.7 Å². The van der Waals surface area contributed by atoms with Crippen LogP contribution in [0, 0.1) is 12.8 Å². The largest absolute Gasteiger partial charge is 0.338 e. The van der Waals surface area contributed by atoms with Gasteiger partial charge in [0.2, 0.25) is 11.8 Å². The Labute approximate surface area is 215 Å². The second kappa shape index (κ2) is 11.7. The quantitative estimate of drug-likeness (QED) is 0.500.